The van der Waals surface area contributed by atoms with Crippen molar-refractivity contribution in [2.45, 2.75) is 13.1 Å². The topological polar surface area (TPSA) is 45.8 Å². The van der Waals surface area contributed by atoms with Crippen LogP contribution in [0.2, 0.25) is 5.02 Å². The van der Waals surface area contributed by atoms with Crippen LogP contribution in [0.5, 0.6) is 0 Å². The van der Waals surface area contributed by atoms with Crippen LogP contribution in [0, 0.1) is 6.92 Å². The second-order valence-corrected chi connectivity index (χ2v) is 4.27. The summed E-state index contributed by atoms with van der Waals surface area (Å²) in [5.74, 6) is 0.181. The van der Waals surface area contributed by atoms with Crippen LogP contribution in [0.3, 0.4) is 0 Å². The van der Waals surface area contributed by atoms with Crippen LogP contribution in [0.4, 0.5) is 13.2 Å². The number of hydrogen-bond acceptors (Lipinski definition) is 2. The fourth-order valence-electron chi connectivity index (χ4n) is 1.53. The number of hydrogen-bond donors (Lipinski definition) is 1. The molecule has 2 aromatic rings. The monoisotopic (exact) mass is 288 g/mol. The van der Waals surface area contributed by atoms with E-state index in [1.165, 1.54) is 12.1 Å². The molecule has 0 fully saturated rings. The zero-order valence-corrected chi connectivity index (χ0v) is 10.4. The van der Waals surface area contributed by atoms with Gasteiger partial charge in [0, 0.05) is 5.56 Å². The number of aromatic amines is 1. The summed E-state index contributed by atoms with van der Waals surface area (Å²) in [4.78, 5) is 17.9. The van der Waals surface area contributed by atoms with E-state index in [0.29, 0.717) is 11.3 Å². The third-order valence-electron chi connectivity index (χ3n) is 2.51. The molecule has 19 heavy (non-hydrogen) atoms. The molecule has 0 atom stereocenters. The highest BCUT2D eigenvalue weighted by Gasteiger charge is 2.30. The maximum absolute atomic E-state index is 12.4. The molecular weight excluding hydrogens is 281 g/mol. The summed E-state index contributed by atoms with van der Waals surface area (Å²) in [7, 11) is 0. The maximum atomic E-state index is 12.4. The van der Waals surface area contributed by atoms with E-state index in [1.807, 2.05) is 0 Å². The number of benzene rings is 1. The fraction of sp³-hybridized carbons (Fsp3) is 0.167. The first-order valence-electron chi connectivity index (χ1n) is 5.23. The van der Waals surface area contributed by atoms with Crippen molar-refractivity contribution in [3.05, 3.63) is 50.9 Å². The summed E-state index contributed by atoms with van der Waals surface area (Å²) in [5.41, 5.74) is -0.585. The van der Waals surface area contributed by atoms with E-state index in [0.717, 1.165) is 12.1 Å². The van der Waals surface area contributed by atoms with Crippen molar-refractivity contribution in [2.24, 2.45) is 0 Å². The highest BCUT2D eigenvalue weighted by atomic mass is 35.5. The van der Waals surface area contributed by atoms with Gasteiger partial charge < -0.3 is 4.98 Å². The molecule has 0 aliphatic rings. The first-order valence-corrected chi connectivity index (χ1v) is 5.61. The molecule has 1 aromatic heterocycles. The van der Waals surface area contributed by atoms with Crippen LogP contribution in [0.1, 0.15) is 11.3 Å². The van der Waals surface area contributed by atoms with Crippen LogP contribution >= 0.6 is 11.6 Å². The third-order valence-corrected chi connectivity index (χ3v) is 2.96. The second kappa shape index (κ2) is 4.70. The van der Waals surface area contributed by atoms with E-state index in [2.05, 4.69) is 9.97 Å². The Balaban J connectivity index is 2.46. The van der Waals surface area contributed by atoms with E-state index in [9.17, 15) is 18.0 Å². The smallest absolute Gasteiger partial charge is 0.305 e. The van der Waals surface area contributed by atoms with Gasteiger partial charge in [-0.05, 0) is 19.1 Å². The van der Waals surface area contributed by atoms with Crippen LogP contribution in [-0.4, -0.2) is 9.97 Å². The molecule has 0 unspecified atom stereocenters. The minimum atomic E-state index is -4.39. The number of halogens is 4. The van der Waals surface area contributed by atoms with E-state index in [-0.39, 0.29) is 10.8 Å². The summed E-state index contributed by atoms with van der Waals surface area (Å²) in [6.45, 7) is 1.55. The van der Waals surface area contributed by atoms with Crippen LogP contribution in [0.25, 0.3) is 11.4 Å². The Labute approximate surface area is 111 Å². The Morgan fingerprint density at radius 1 is 1.21 bits per heavy atom. The molecule has 0 saturated carbocycles. The zero-order valence-electron chi connectivity index (χ0n) is 9.68. The predicted molar refractivity (Wildman–Crippen MR) is 65.0 cm³/mol. The van der Waals surface area contributed by atoms with Crippen molar-refractivity contribution in [3.8, 4) is 11.4 Å². The molecule has 7 heteroatoms. The number of aryl methyl sites for hydroxylation is 1. The molecule has 0 bridgehead atoms. The molecule has 1 aromatic carbocycles. The van der Waals surface area contributed by atoms with Crippen LogP contribution < -0.4 is 5.56 Å². The van der Waals surface area contributed by atoms with E-state index < -0.39 is 17.3 Å². The average molecular weight is 289 g/mol. The van der Waals surface area contributed by atoms with Gasteiger partial charge in [-0.1, -0.05) is 23.7 Å². The molecule has 0 radical (unpaired) electrons. The largest absolute Gasteiger partial charge is 0.416 e. The van der Waals surface area contributed by atoms with Gasteiger partial charge in [0.15, 0.2) is 0 Å². The van der Waals surface area contributed by atoms with Gasteiger partial charge in [0.25, 0.3) is 5.56 Å². The molecule has 2 rings (SSSR count). The third kappa shape index (κ3) is 2.78. The SMILES string of the molecule is Cc1nc(-c2ccc(C(F)(F)F)cc2)[nH]c(=O)c1Cl. The van der Waals surface area contributed by atoms with Crippen LogP contribution in [0.15, 0.2) is 29.1 Å². The Hall–Kier alpha value is -1.82. The Kier molecular flexibility index (Phi) is 3.36. The van der Waals surface area contributed by atoms with Gasteiger partial charge in [-0.2, -0.15) is 13.2 Å². The van der Waals surface area contributed by atoms with Gasteiger partial charge in [-0.25, -0.2) is 4.98 Å². The number of alkyl halides is 3. The molecule has 0 spiro atoms. The molecule has 3 nitrogen and oxygen atoms in total. The fourth-order valence-corrected chi connectivity index (χ4v) is 1.61. The van der Waals surface area contributed by atoms with Crippen molar-refractivity contribution >= 4 is 11.6 Å². The van der Waals surface area contributed by atoms with Gasteiger partial charge in [0.05, 0.1) is 11.3 Å². The normalized spacial score (nSPS) is 11.6. The lowest BCUT2D eigenvalue weighted by atomic mass is 10.1. The van der Waals surface area contributed by atoms with E-state index >= 15 is 0 Å². The summed E-state index contributed by atoms with van der Waals surface area (Å²) in [5, 5.41) is -0.0318. The van der Waals surface area contributed by atoms with Crippen molar-refractivity contribution in [3.63, 3.8) is 0 Å². The van der Waals surface area contributed by atoms with Crippen molar-refractivity contribution < 1.29 is 13.2 Å². The average Bonchev–Trinajstić information content (AvgIpc) is 2.34. The van der Waals surface area contributed by atoms with E-state index in [1.54, 1.807) is 6.92 Å². The molecule has 0 amide bonds. The summed E-state index contributed by atoms with van der Waals surface area (Å²) >= 11 is 5.67. The summed E-state index contributed by atoms with van der Waals surface area (Å²) < 4.78 is 37.2. The first-order chi connectivity index (χ1) is 8.79. The molecule has 0 aliphatic heterocycles. The molecule has 100 valence electrons. The van der Waals surface area contributed by atoms with Gasteiger partial charge in [0.2, 0.25) is 0 Å². The van der Waals surface area contributed by atoms with Gasteiger partial charge in [-0.15, -0.1) is 0 Å². The Morgan fingerprint density at radius 3 is 2.26 bits per heavy atom. The molecular formula is C12H8ClF3N2O. The number of rotatable bonds is 1. The summed E-state index contributed by atoms with van der Waals surface area (Å²) in [6.07, 6.45) is -4.39. The van der Waals surface area contributed by atoms with Gasteiger partial charge in [0.1, 0.15) is 10.8 Å². The number of H-pyrrole nitrogens is 1. The molecule has 0 saturated heterocycles. The van der Waals surface area contributed by atoms with E-state index in [4.69, 9.17) is 11.6 Å². The highest BCUT2D eigenvalue weighted by Crippen LogP contribution is 2.30. The van der Waals surface area contributed by atoms with Gasteiger partial charge in [-0.3, -0.25) is 4.79 Å². The molecule has 1 heterocycles. The first kappa shape index (κ1) is 13.6. The van der Waals surface area contributed by atoms with Crippen molar-refractivity contribution in [1.82, 2.24) is 9.97 Å². The molecule has 0 aliphatic carbocycles. The number of nitrogens with zero attached hydrogens (tertiary/aromatic N) is 1. The van der Waals surface area contributed by atoms with Crippen molar-refractivity contribution in [1.29, 1.82) is 0 Å². The maximum Gasteiger partial charge on any atom is 0.416 e. The van der Waals surface area contributed by atoms with Crippen molar-refractivity contribution in [2.75, 3.05) is 0 Å². The Morgan fingerprint density at radius 2 is 1.79 bits per heavy atom. The lowest BCUT2D eigenvalue weighted by Gasteiger charge is -2.07. The number of nitrogens with one attached hydrogen (secondary N) is 1. The lowest BCUT2D eigenvalue weighted by molar-refractivity contribution is -0.137. The second-order valence-electron chi connectivity index (χ2n) is 3.89. The van der Waals surface area contributed by atoms with Crippen LogP contribution in [-0.2, 0) is 6.18 Å². The minimum Gasteiger partial charge on any atom is -0.305 e. The molecule has 1 N–H and O–H groups in total. The highest BCUT2D eigenvalue weighted by molar-refractivity contribution is 6.30. The number of aromatic nitrogens is 2. The quantitative estimate of drug-likeness (QED) is 0.874. The standard InChI is InChI=1S/C12H8ClF3N2O/c1-6-9(13)11(19)18-10(17-6)7-2-4-8(5-3-7)12(14,15)16/h2-5H,1H3,(H,17,18,19). The minimum absolute atomic E-state index is 0.0318. The Bertz CT molecular complexity index is 662. The summed E-state index contributed by atoms with van der Waals surface area (Å²) in [6, 6.07) is 4.35. The zero-order chi connectivity index (χ0) is 14.2. The van der Waals surface area contributed by atoms with Gasteiger partial charge >= 0.3 is 6.18 Å². The lowest BCUT2D eigenvalue weighted by Crippen LogP contribution is -2.11. The predicted octanol–water partition coefficient (Wildman–Crippen LogP) is 3.42.